The van der Waals surface area contributed by atoms with Crippen LogP contribution in [0.2, 0.25) is 0 Å². The number of hydrogen-bond acceptors (Lipinski definition) is 5. The molecule has 8 heteroatoms. The van der Waals surface area contributed by atoms with E-state index < -0.39 is 14.3 Å². The molecule has 0 unspecified atom stereocenters. The first-order valence-electron chi connectivity index (χ1n) is 15.4. The van der Waals surface area contributed by atoms with Crippen LogP contribution in [0, 0.1) is 0 Å². The van der Waals surface area contributed by atoms with Gasteiger partial charge in [0.1, 0.15) is 14.3 Å². The Balaban J connectivity index is 0.00000204. The molecule has 0 radical (unpaired) electrons. The second-order valence-electron chi connectivity index (χ2n) is 11.6. The Labute approximate surface area is 271 Å². The van der Waals surface area contributed by atoms with Crippen LogP contribution < -0.4 is 10.6 Å². The Bertz CT molecular complexity index is 2130. The van der Waals surface area contributed by atoms with Crippen molar-refractivity contribution in [3.05, 3.63) is 116 Å². The van der Waals surface area contributed by atoms with E-state index in [0.29, 0.717) is 17.5 Å². The van der Waals surface area contributed by atoms with E-state index in [1.54, 1.807) is 32.7 Å². The Kier molecular flexibility index (Phi) is 9.44. The molecule has 6 aromatic rings. The summed E-state index contributed by atoms with van der Waals surface area (Å²) in [6.07, 6.45) is 3.68. The number of benzene rings is 4. The van der Waals surface area contributed by atoms with Crippen molar-refractivity contribution in [2.75, 3.05) is 26.7 Å². The van der Waals surface area contributed by atoms with Crippen LogP contribution in [0.5, 0.6) is 0 Å². The van der Waals surface area contributed by atoms with Crippen LogP contribution in [0.3, 0.4) is 0 Å². The molecule has 0 aliphatic heterocycles. The van der Waals surface area contributed by atoms with Crippen LogP contribution >= 0.6 is 14.3 Å². The molecule has 0 spiro atoms. The molecule has 0 fully saturated rings. The molecule has 6 rings (SSSR count). The maximum absolute atomic E-state index is 13.2. The number of rotatable bonds is 7. The molecule has 4 aromatic carbocycles. The van der Waals surface area contributed by atoms with E-state index in [0.717, 1.165) is 54.8 Å². The highest BCUT2D eigenvalue weighted by molar-refractivity contribution is 7.70. The summed E-state index contributed by atoms with van der Waals surface area (Å²) in [6, 6.07) is 30.0. The van der Waals surface area contributed by atoms with E-state index in [1.807, 2.05) is 112 Å². The zero-order valence-corrected chi connectivity index (χ0v) is 29.3. The van der Waals surface area contributed by atoms with Gasteiger partial charge in [-0.3, -0.25) is 0 Å². The van der Waals surface area contributed by atoms with Gasteiger partial charge in [-0.15, -0.1) is 0 Å². The van der Waals surface area contributed by atoms with Gasteiger partial charge in [-0.25, -0.2) is 15.0 Å². The van der Waals surface area contributed by atoms with Crippen molar-refractivity contribution in [1.82, 2.24) is 19.5 Å². The summed E-state index contributed by atoms with van der Waals surface area (Å²) in [4.78, 5) is 14.5. The molecule has 0 amide bonds. The minimum absolute atomic E-state index is 0.539. The first-order valence-corrected chi connectivity index (χ1v) is 20.6. The van der Waals surface area contributed by atoms with E-state index in [4.69, 9.17) is 15.0 Å². The minimum Gasteiger partial charge on any atom is -0.319 e. The van der Waals surface area contributed by atoms with E-state index in [1.165, 1.54) is 0 Å². The van der Waals surface area contributed by atoms with Gasteiger partial charge in [-0.1, -0.05) is 99.3 Å². The number of aromatic nitrogens is 4. The lowest BCUT2D eigenvalue weighted by Gasteiger charge is -2.13. The molecule has 234 valence electrons. The Hall–Kier alpha value is -4.37. The fraction of sp³-hybridized carbons (Fsp3) is 0.184. The average molecular weight is 647 g/mol. The number of fused-ring (bicyclic) bond motifs is 3. The van der Waals surface area contributed by atoms with Crippen LogP contribution in [-0.2, 0) is 9.13 Å². The quantitative estimate of drug-likeness (QED) is 0.128. The molecule has 46 heavy (non-hydrogen) atoms. The van der Waals surface area contributed by atoms with Gasteiger partial charge in [0, 0.05) is 43.8 Å². The maximum atomic E-state index is 13.2. The van der Waals surface area contributed by atoms with Gasteiger partial charge < -0.3 is 13.7 Å². The lowest BCUT2D eigenvalue weighted by atomic mass is 10.1. The van der Waals surface area contributed by atoms with Crippen molar-refractivity contribution in [3.63, 3.8) is 0 Å². The lowest BCUT2D eigenvalue weighted by Crippen LogP contribution is -2.05. The van der Waals surface area contributed by atoms with Crippen molar-refractivity contribution in [2.45, 2.75) is 20.8 Å². The van der Waals surface area contributed by atoms with Gasteiger partial charge in [0.25, 0.3) is 0 Å². The summed E-state index contributed by atoms with van der Waals surface area (Å²) in [5.74, 6) is 1.66. The summed E-state index contributed by atoms with van der Waals surface area (Å²) < 4.78 is 28.5. The molecule has 6 nitrogen and oxygen atoms in total. The van der Waals surface area contributed by atoms with Crippen molar-refractivity contribution in [2.24, 2.45) is 0 Å². The molecule has 2 heterocycles. The standard InChI is InChI=1S/C36H34N4O2P2.C2H6/c1-7-24(8-2)34-37-35(25-13-10-9-11-14-25)39-36(38-34)26-15-12-16-27(21-26)40-32-22-28(43(3,4)41)17-19-30(32)31-20-18-29(23-33(31)40)44(5,6)42;1-2/h7-23H,1H2,2-6H3;1-2H3/b24-8+;. The average Bonchev–Trinajstić information content (AvgIpc) is 3.39. The predicted molar refractivity (Wildman–Crippen MR) is 198 cm³/mol. The van der Waals surface area contributed by atoms with E-state index in [9.17, 15) is 9.13 Å². The molecule has 0 saturated carbocycles. The van der Waals surface area contributed by atoms with Crippen molar-refractivity contribution in [1.29, 1.82) is 0 Å². The van der Waals surface area contributed by atoms with Crippen LogP contribution in [0.25, 0.3) is 55.8 Å². The predicted octanol–water partition coefficient (Wildman–Crippen LogP) is 9.41. The van der Waals surface area contributed by atoms with Gasteiger partial charge in [0.15, 0.2) is 17.5 Å². The fourth-order valence-electron chi connectivity index (χ4n) is 5.42. The highest BCUT2D eigenvalue weighted by Crippen LogP contribution is 2.41. The van der Waals surface area contributed by atoms with Gasteiger partial charge in [0.05, 0.1) is 11.0 Å². The minimum atomic E-state index is -2.52. The Morgan fingerprint density at radius 2 is 1.20 bits per heavy atom. The largest absolute Gasteiger partial charge is 0.319 e. The van der Waals surface area contributed by atoms with Gasteiger partial charge in [-0.05, 0) is 57.8 Å². The van der Waals surface area contributed by atoms with Crippen LogP contribution in [0.4, 0.5) is 0 Å². The molecule has 0 saturated heterocycles. The molecule has 2 aromatic heterocycles. The fourth-order valence-corrected chi connectivity index (χ4v) is 7.15. The third kappa shape index (κ3) is 6.47. The Morgan fingerprint density at radius 1 is 0.674 bits per heavy atom. The topological polar surface area (TPSA) is 77.7 Å². The van der Waals surface area contributed by atoms with Gasteiger partial charge >= 0.3 is 0 Å². The molecule has 0 bridgehead atoms. The molecule has 0 atom stereocenters. The molecule has 0 N–H and O–H groups in total. The summed E-state index contributed by atoms with van der Waals surface area (Å²) in [6.45, 7) is 17.0. The van der Waals surface area contributed by atoms with Gasteiger partial charge in [0.2, 0.25) is 0 Å². The summed E-state index contributed by atoms with van der Waals surface area (Å²) in [5.41, 5.74) is 5.28. The monoisotopic (exact) mass is 646 g/mol. The molecular formula is C38H40N4O2P2. The van der Waals surface area contributed by atoms with Crippen LogP contribution in [-0.4, -0.2) is 46.2 Å². The van der Waals surface area contributed by atoms with Gasteiger partial charge in [-0.2, -0.15) is 0 Å². The second kappa shape index (κ2) is 13.2. The van der Waals surface area contributed by atoms with Crippen molar-refractivity contribution in [3.8, 4) is 28.5 Å². The number of allylic oxidation sites excluding steroid dienone is 3. The van der Waals surface area contributed by atoms with E-state index >= 15 is 0 Å². The number of hydrogen-bond donors (Lipinski definition) is 0. The van der Waals surface area contributed by atoms with E-state index in [2.05, 4.69) is 17.2 Å². The Morgan fingerprint density at radius 3 is 1.70 bits per heavy atom. The summed E-state index contributed by atoms with van der Waals surface area (Å²) in [5, 5.41) is 3.68. The molecular weight excluding hydrogens is 606 g/mol. The zero-order valence-electron chi connectivity index (χ0n) is 27.5. The maximum Gasteiger partial charge on any atom is 0.164 e. The third-order valence-electron chi connectivity index (χ3n) is 7.80. The van der Waals surface area contributed by atoms with Crippen molar-refractivity contribution < 1.29 is 9.13 Å². The number of nitrogens with zero attached hydrogens (tertiary/aromatic N) is 4. The highest BCUT2D eigenvalue weighted by atomic mass is 31.2. The van der Waals surface area contributed by atoms with E-state index in [-0.39, 0.29) is 0 Å². The lowest BCUT2D eigenvalue weighted by molar-refractivity contribution is 0.587. The summed E-state index contributed by atoms with van der Waals surface area (Å²) in [7, 11) is -5.05. The van der Waals surface area contributed by atoms with Crippen LogP contribution in [0.1, 0.15) is 26.6 Å². The summed E-state index contributed by atoms with van der Waals surface area (Å²) >= 11 is 0. The smallest absolute Gasteiger partial charge is 0.164 e. The third-order valence-corrected chi connectivity index (χ3v) is 10.8. The first-order chi connectivity index (χ1) is 22.0. The second-order valence-corrected chi connectivity index (χ2v) is 18.0. The van der Waals surface area contributed by atoms with Crippen molar-refractivity contribution >= 4 is 52.3 Å². The highest BCUT2D eigenvalue weighted by Gasteiger charge is 2.20. The molecule has 0 aliphatic carbocycles. The SMILES string of the molecule is C=C/C(=C\C)c1nc(-c2ccccc2)nc(-c2cccc(-n3c4cc(P(C)(C)=O)ccc4c4ccc(P(C)(C)=O)cc43)c2)n1.CC. The van der Waals surface area contributed by atoms with Crippen LogP contribution in [0.15, 0.2) is 110 Å². The normalized spacial score (nSPS) is 12.2. The zero-order chi connectivity index (χ0) is 33.2. The molecule has 0 aliphatic rings. The first kappa shape index (κ1) is 33.0.